The van der Waals surface area contributed by atoms with Crippen molar-refractivity contribution in [3.63, 3.8) is 0 Å². The number of carbonyl (C=O) groups excluding carboxylic acids is 1. The predicted molar refractivity (Wildman–Crippen MR) is 158 cm³/mol. The van der Waals surface area contributed by atoms with E-state index in [1.54, 1.807) is 6.07 Å². The molecule has 41 heavy (non-hydrogen) atoms. The van der Waals surface area contributed by atoms with E-state index in [-0.39, 0.29) is 11.9 Å². The molecular formula is C33H42N2O6. The van der Waals surface area contributed by atoms with Crippen LogP contribution in [0.4, 0.5) is 0 Å². The molecule has 1 amide bonds. The van der Waals surface area contributed by atoms with E-state index >= 15 is 0 Å². The third-order valence-corrected chi connectivity index (χ3v) is 6.63. The second kappa shape index (κ2) is 14.5. The minimum Gasteiger partial charge on any atom is -0.491 e. The molecule has 1 heterocycles. The van der Waals surface area contributed by atoms with Crippen molar-refractivity contribution in [3.05, 3.63) is 94.5 Å². The number of carbonyl (C=O) groups is 1. The lowest BCUT2D eigenvalue weighted by atomic mass is 10.0. The highest BCUT2D eigenvalue weighted by Crippen LogP contribution is 2.32. The molecule has 0 fully saturated rings. The lowest BCUT2D eigenvalue weighted by Gasteiger charge is -2.33. The summed E-state index contributed by atoms with van der Waals surface area (Å²) < 4.78 is 23.1. The number of rotatable bonds is 14. The number of nitrogens with one attached hydrogen (secondary N) is 2. The molecule has 8 heteroatoms. The molecule has 1 aliphatic rings. The van der Waals surface area contributed by atoms with Crippen LogP contribution in [0.5, 0.6) is 11.5 Å². The average molecular weight is 563 g/mol. The van der Waals surface area contributed by atoms with Gasteiger partial charge < -0.3 is 34.7 Å². The molecule has 0 radical (unpaired) electrons. The Morgan fingerprint density at radius 2 is 1.83 bits per heavy atom. The van der Waals surface area contributed by atoms with Gasteiger partial charge in [0.15, 0.2) is 0 Å². The molecule has 0 aliphatic carbocycles. The summed E-state index contributed by atoms with van der Waals surface area (Å²) in [6, 6.07) is 21.3. The number of hydrogen-bond acceptors (Lipinski definition) is 7. The van der Waals surface area contributed by atoms with Crippen LogP contribution >= 0.6 is 0 Å². The van der Waals surface area contributed by atoms with Crippen molar-refractivity contribution in [2.24, 2.45) is 0 Å². The highest BCUT2D eigenvalue weighted by Gasteiger charge is 2.27. The van der Waals surface area contributed by atoms with Gasteiger partial charge in [-0.1, -0.05) is 30.3 Å². The molecule has 4 rings (SSSR count). The molecule has 220 valence electrons. The molecule has 3 aromatic rings. The van der Waals surface area contributed by atoms with Crippen molar-refractivity contribution in [1.82, 2.24) is 10.6 Å². The van der Waals surface area contributed by atoms with Crippen LogP contribution in [0.1, 0.15) is 66.4 Å². The zero-order valence-corrected chi connectivity index (χ0v) is 24.4. The first-order chi connectivity index (χ1) is 19.7. The molecule has 0 saturated carbocycles. The van der Waals surface area contributed by atoms with E-state index in [1.165, 1.54) is 5.56 Å². The molecule has 1 atom stereocenters. The maximum absolute atomic E-state index is 12.2. The quantitative estimate of drug-likeness (QED) is 0.240. The van der Waals surface area contributed by atoms with Crippen LogP contribution < -0.4 is 20.1 Å². The van der Waals surface area contributed by atoms with Gasteiger partial charge in [0.2, 0.25) is 5.79 Å². The first kappa shape index (κ1) is 30.5. The molecule has 0 aromatic heterocycles. The van der Waals surface area contributed by atoms with E-state index in [9.17, 15) is 9.90 Å². The molecular weight excluding hydrogens is 520 g/mol. The zero-order valence-electron chi connectivity index (χ0n) is 24.4. The van der Waals surface area contributed by atoms with E-state index in [0.717, 1.165) is 41.2 Å². The monoisotopic (exact) mass is 562 g/mol. The summed E-state index contributed by atoms with van der Waals surface area (Å²) in [5.41, 5.74) is 4.56. The van der Waals surface area contributed by atoms with Crippen LogP contribution in [0, 0.1) is 0 Å². The van der Waals surface area contributed by atoms with Gasteiger partial charge in [0.25, 0.3) is 5.91 Å². The smallest absolute Gasteiger partial charge is 0.251 e. The SMILES string of the molecule is CC(C)NC(=O)c1cccc(COCCOc2ccc(CCNC[C@H](O)c3ccc4c(c3)COC(C)(C)O4)cc2)c1. The van der Waals surface area contributed by atoms with Gasteiger partial charge in [-0.3, -0.25) is 4.79 Å². The largest absolute Gasteiger partial charge is 0.491 e. The number of benzene rings is 3. The van der Waals surface area contributed by atoms with Crippen LogP contribution in [0.25, 0.3) is 0 Å². The van der Waals surface area contributed by atoms with Crippen molar-refractivity contribution in [1.29, 1.82) is 0 Å². The molecule has 3 aromatic carbocycles. The lowest BCUT2D eigenvalue weighted by Crippen LogP contribution is -2.35. The Balaban J connectivity index is 1.11. The number of aliphatic hydroxyl groups is 1. The number of aliphatic hydroxyl groups excluding tert-OH is 1. The van der Waals surface area contributed by atoms with Crippen LogP contribution in [0.3, 0.4) is 0 Å². The highest BCUT2D eigenvalue weighted by atomic mass is 16.7. The summed E-state index contributed by atoms with van der Waals surface area (Å²) in [4.78, 5) is 12.2. The van der Waals surface area contributed by atoms with Gasteiger partial charge in [-0.25, -0.2) is 0 Å². The Morgan fingerprint density at radius 1 is 1.02 bits per heavy atom. The Bertz CT molecular complexity index is 1270. The second-order valence-electron chi connectivity index (χ2n) is 11.0. The standard InChI is InChI=1S/C33H42N2O6/c1-23(2)35-32(37)27-7-5-6-25(18-27)21-38-16-17-39-29-11-8-24(9-12-29)14-15-34-20-30(36)26-10-13-31-28(19-26)22-40-33(3,4)41-31/h5-13,18-19,23,30,34,36H,14-17,20-22H2,1-4H3,(H,35,37)/t30-/m0/s1. The van der Waals surface area contributed by atoms with E-state index in [1.807, 2.05) is 88.4 Å². The second-order valence-corrected chi connectivity index (χ2v) is 11.0. The Labute approximate surface area is 243 Å². The average Bonchev–Trinajstić information content (AvgIpc) is 2.95. The number of hydrogen-bond donors (Lipinski definition) is 3. The summed E-state index contributed by atoms with van der Waals surface area (Å²) in [5.74, 6) is 0.885. The fourth-order valence-electron chi connectivity index (χ4n) is 4.46. The molecule has 8 nitrogen and oxygen atoms in total. The number of amides is 1. The van der Waals surface area contributed by atoms with Crippen molar-refractivity contribution in [3.8, 4) is 11.5 Å². The fourth-order valence-corrected chi connectivity index (χ4v) is 4.46. The molecule has 0 unspecified atom stereocenters. The number of ether oxygens (including phenoxy) is 4. The third kappa shape index (κ3) is 9.57. The summed E-state index contributed by atoms with van der Waals surface area (Å²) in [7, 11) is 0. The topological polar surface area (TPSA) is 98.3 Å². The van der Waals surface area contributed by atoms with Crippen molar-refractivity contribution >= 4 is 5.91 Å². The number of fused-ring (bicyclic) bond motifs is 1. The van der Waals surface area contributed by atoms with Gasteiger partial charge in [0.1, 0.15) is 18.1 Å². The minimum atomic E-state index is -0.629. The van der Waals surface area contributed by atoms with E-state index < -0.39 is 11.9 Å². The van der Waals surface area contributed by atoms with Crippen LogP contribution in [-0.2, 0) is 29.1 Å². The maximum atomic E-state index is 12.2. The lowest BCUT2D eigenvalue weighted by molar-refractivity contribution is -0.180. The van der Waals surface area contributed by atoms with Gasteiger partial charge in [-0.05, 0) is 79.9 Å². The van der Waals surface area contributed by atoms with Crippen molar-refractivity contribution in [2.75, 3.05) is 26.3 Å². The van der Waals surface area contributed by atoms with Gasteiger partial charge >= 0.3 is 0 Å². The maximum Gasteiger partial charge on any atom is 0.251 e. The van der Waals surface area contributed by atoms with Gasteiger partial charge in [0.05, 0.1) is 25.9 Å². The van der Waals surface area contributed by atoms with Crippen LogP contribution in [-0.4, -0.2) is 49.1 Å². The fraction of sp³-hybridized carbons (Fsp3) is 0.424. The van der Waals surface area contributed by atoms with Crippen LogP contribution in [0.15, 0.2) is 66.7 Å². The summed E-state index contributed by atoms with van der Waals surface area (Å²) in [5, 5.41) is 16.9. The van der Waals surface area contributed by atoms with Gasteiger partial charge in [0, 0.05) is 37.6 Å². The summed E-state index contributed by atoms with van der Waals surface area (Å²) in [6.07, 6.45) is 0.229. The molecule has 0 bridgehead atoms. The van der Waals surface area contributed by atoms with Gasteiger partial charge in [-0.15, -0.1) is 0 Å². The van der Waals surface area contributed by atoms with Crippen molar-refractivity contribution in [2.45, 2.75) is 65.3 Å². The summed E-state index contributed by atoms with van der Waals surface area (Å²) >= 11 is 0. The molecule has 1 aliphatic heterocycles. The van der Waals surface area contributed by atoms with E-state index in [0.29, 0.717) is 38.5 Å². The molecule has 0 spiro atoms. The Kier molecular flexibility index (Phi) is 10.8. The third-order valence-electron chi connectivity index (χ3n) is 6.63. The Morgan fingerprint density at radius 3 is 2.61 bits per heavy atom. The van der Waals surface area contributed by atoms with Crippen molar-refractivity contribution < 1.29 is 28.8 Å². The molecule has 3 N–H and O–H groups in total. The first-order valence-electron chi connectivity index (χ1n) is 14.2. The predicted octanol–water partition coefficient (Wildman–Crippen LogP) is 4.93. The van der Waals surface area contributed by atoms with Crippen LogP contribution in [0.2, 0.25) is 0 Å². The zero-order chi connectivity index (χ0) is 29.2. The molecule has 0 saturated heterocycles. The van der Waals surface area contributed by atoms with Gasteiger partial charge in [-0.2, -0.15) is 0 Å². The van der Waals surface area contributed by atoms with E-state index in [2.05, 4.69) is 10.6 Å². The first-order valence-corrected chi connectivity index (χ1v) is 14.2. The Hall–Kier alpha value is -3.43. The summed E-state index contributed by atoms with van der Waals surface area (Å²) in [6.45, 7) is 10.6. The normalized spacial score (nSPS) is 14.7. The minimum absolute atomic E-state index is 0.0803. The highest BCUT2D eigenvalue weighted by molar-refractivity contribution is 5.94. The van der Waals surface area contributed by atoms with E-state index in [4.69, 9.17) is 18.9 Å².